The molecule has 130 valence electrons. The van der Waals surface area contributed by atoms with Crippen LogP contribution in [0.25, 0.3) is 0 Å². The first-order valence-electron chi connectivity index (χ1n) is 8.58. The minimum absolute atomic E-state index is 0.106. The number of ketones is 1. The molecule has 0 aliphatic heterocycles. The fraction of sp³-hybridized carbons (Fsp3) is 0.190. The number of fused-ring (bicyclic) bond motifs is 1. The maximum Gasteiger partial charge on any atom is 0.227 e. The number of nitrogens with zero attached hydrogens (tertiary/aromatic N) is 2. The SMILES string of the molecule is Cc1nc(Nc2ccccc2)nc2c1C(=O)C[C@@H](c1ccc(Cl)cc1)C2. The summed E-state index contributed by atoms with van der Waals surface area (Å²) >= 11 is 5.98. The largest absolute Gasteiger partial charge is 0.324 e. The van der Waals surface area contributed by atoms with Gasteiger partial charge >= 0.3 is 0 Å². The van der Waals surface area contributed by atoms with E-state index in [0.717, 1.165) is 29.1 Å². The lowest BCUT2D eigenvalue weighted by Gasteiger charge is -2.24. The smallest absolute Gasteiger partial charge is 0.227 e. The molecule has 1 aromatic heterocycles. The van der Waals surface area contributed by atoms with Crippen LogP contribution < -0.4 is 5.32 Å². The molecule has 26 heavy (non-hydrogen) atoms. The molecule has 0 fully saturated rings. The van der Waals surface area contributed by atoms with Crippen LogP contribution in [0, 0.1) is 6.92 Å². The number of carbonyl (C=O) groups is 1. The van der Waals surface area contributed by atoms with Gasteiger partial charge in [0.15, 0.2) is 5.78 Å². The zero-order chi connectivity index (χ0) is 18.1. The summed E-state index contributed by atoms with van der Waals surface area (Å²) in [5, 5.41) is 3.92. The number of hydrogen-bond acceptors (Lipinski definition) is 4. The maximum absolute atomic E-state index is 12.7. The molecule has 0 saturated carbocycles. The Bertz CT molecular complexity index is 955. The van der Waals surface area contributed by atoms with Gasteiger partial charge < -0.3 is 5.32 Å². The third-order valence-electron chi connectivity index (χ3n) is 4.69. The summed E-state index contributed by atoms with van der Waals surface area (Å²) in [5.41, 5.74) is 4.25. The highest BCUT2D eigenvalue weighted by Crippen LogP contribution is 2.34. The molecule has 1 atom stereocenters. The first kappa shape index (κ1) is 16.7. The molecule has 0 bridgehead atoms. The molecule has 0 saturated heterocycles. The van der Waals surface area contributed by atoms with E-state index >= 15 is 0 Å². The van der Waals surface area contributed by atoms with Gasteiger partial charge in [-0.2, -0.15) is 0 Å². The van der Waals surface area contributed by atoms with E-state index in [1.165, 1.54) is 0 Å². The Morgan fingerprint density at radius 2 is 1.73 bits per heavy atom. The van der Waals surface area contributed by atoms with E-state index in [0.29, 0.717) is 23.0 Å². The Balaban J connectivity index is 1.67. The standard InChI is InChI=1S/C21H18ClN3O/c1-13-20-18(25-21(23-13)24-17-5-3-2-4-6-17)11-15(12-19(20)26)14-7-9-16(22)10-8-14/h2-10,15H,11-12H2,1H3,(H,23,24,25)/t15-/m0/s1. The van der Waals surface area contributed by atoms with Crippen molar-refractivity contribution in [3.63, 3.8) is 0 Å². The van der Waals surface area contributed by atoms with Crippen LogP contribution in [0.3, 0.4) is 0 Å². The number of carbonyl (C=O) groups excluding carboxylic acids is 1. The highest BCUT2D eigenvalue weighted by molar-refractivity contribution is 6.30. The normalized spacial score (nSPS) is 16.2. The second kappa shape index (κ2) is 6.89. The highest BCUT2D eigenvalue weighted by atomic mass is 35.5. The van der Waals surface area contributed by atoms with Gasteiger partial charge in [-0.05, 0) is 49.1 Å². The van der Waals surface area contributed by atoms with Crippen molar-refractivity contribution in [1.29, 1.82) is 0 Å². The molecule has 3 aromatic rings. The number of rotatable bonds is 3. The van der Waals surface area contributed by atoms with Crippen molar-refractivity contribution in [2.24, 2.45) is 0 Å². The Morgan fingerprint density at radius 3 is 2.46 bits per heavy atom. The third-order valence-corrected chi connectivity index (χ3v) is 4.94. The number of nitrogens with one attached hydrogen (secondary N) is 1. The molecule has 0 amide bonds. The average Bonchev–Trinajstić information content (AvgIpc) is 2.62. The number of anilines is 2. The zero-order valence-electron chi connectivity index (χ0n) is 14.4. The molecule has 2 aromatic carbocycles. The van der Waals surface area contributed by atoms with Gasteiger partial charge in [-0.25, -0.2) is 9.97 Å². The van der Waals surface area contributed by atoms with Gasteiger partial charge in [-0.3, -0.25) is 4.79 Å². The molecule has 0 spiro atoms. The lowest BCUT2D eigenvalue weighted by molar-refractivity contribution is 0.0962. The molecule has 0 radical (unpaired) electrons. The molecule has 1 aliphatic carbocycles. The van der Waals surface area contributed by atoms with Crippen LogP contribution in [0.5, 0.6) is 0 Å². The molecule has 1 N–H and O–H groups in total. The van der Waals surface area contributed by atoms with Crippen LogP contribution in [0.2, 0.25) is 5.02 Å². The molecule has 5 heteroatoms. The fourth-order valence-corrected chi connectivity index (χ4v) is 3.58. The van der Waals surface area contributed by atoms with Crippen LogP contribution in [-0.4, -0.2) is 15.8 Å². The molecule has 4 rings (SSSR count). The average molecular weight is 364 g/mol. The van der Waals surface area contributed by atoms with E-state index in [4.69, 9.17) is 11.6 Å². The number of Topliss-reactive ketones (excluding diaryl/α,β-unsaturated/α-hetero) is 1. The van der Waals surface area contributed by atoms with Gasteiger partial charge in [0.1, 0.15) is 0 Å². The van der Waals surface area contributed by atoms with Gasteiger partial charge in [0, 0.05) is 17.1 Å². The number of aromatic nitrogens is 2. The predicted molar refractivity (Wildman–Crippen MR) is 103 cm³/mol. The number of benzene rings is 2. The maximum atomic E-state index is 12.7. The lowest BCUT2D eigenvalue weighted by atomic mass is 9.81. The van der Waals surface area contributed by atoms with Gasteiger partial charge in [-0.1, -0.05) is 41.9 Å². The topological polar surface area (TPSA) is 54.9 Å². The van der Waals surface area contributed by atoms with E-state index < -0.39 is 0 Å². The van der Waals surface area contributed by atoms with E-state index in [2.05, 4.69) is 15.3 Å². The summed E-state index contributed by atoms with van der Waals surface area (Å²) in [4.78, 5) is 21.8. The van der Waals surface area contributed by atoms with Crippen molar-refractivity contribution in [2.45, 2.75) is 25.7 Å². The minimum atomic E-state index is 0.106. The van der Waals surface area contributed by atoms with E-state index in [1.54, 1.807) is 0 Å². The summed E-state index contributed by atoms with van der Waals surface area (Å²) in [7, 11) is 0. The molecule has 1 heterocycles. The highest BCUT2D eigenvalue weighted by Gasteiger charge is 2.29. The van der Waals surface area contributed by atoms with Crippen molar-refractivity contribution < 1.29 is 4.79 Å². The van der Waals surface area contributed by atoms with E-state index in [-0.39, 0.29) is 11.7 Å². The van der Waals surface area contributed by atoms with Gasteiger partial charge in [0.25, 0.3) is 0 Å². The van der Waals surface area contributed by atoms with Crippen LogP contribution >= 0.6 is 11.6 Å². The quantitative estimate of drug-likeness (QED) is 0.703. The number of aryl methyl sites for hydroxylation is 1. The van der Waals surface area contributed by atoms with Gasteiger partial charge in [0.2, 0.25) is 5.95 Å². The number of hydrogen-bond donors (Lipinski definition) is 1. The molecular weight excluding hydrogens is 346 g/mol. The predicted octanol–water partition coefficient (Wildman–Crippen LogP) is 5.09. The zero-order valence-corrected chi connectivity index (χ0v) is 15.1. The third kappa shape index (κ3) is 3.33. The van der Waals surface area contributed by atoms with E-state index in [1.807, 2.05) is 61.5 Å². The minimum Gasteiger partial charge on any atom is -0.324 e. The van der Waals surface area contributed by atoms with Crippen molar-refractivity contribution in [1.82, 2.24) is 9.97 Å². The molecular formula is C21H18ClN3O. The monoisotopic (exact) mass is 363 g/mol. The van der Waals surface area contributed by atoms with Gasteiger partial charge in [-0.15, -0.1) is 0 Å². The lowest BCUT2D eigenvalue weighted by Crippen LogP contribution is -2.22. The van der Waals surface area contributed by atoms with E-state index in [9.17, 15) is 4.79 Å². The van der Waals surface area contributed by atoms with Crippen LogP contribution in [0.4, 0.5) is 11.6 Å². The second-order valence-corrected chi connectivity index (χ2v) is 6.96. The molecule has 0 unspecified atom stereocenters. The van der Waals surface area contributed by atoms with Crippen LogP contribution in [0.15, 0.2) is 54.6 Å². The second-order valence-electron chi connectivity index (χ2n) is 6.53. The first-order chi connectivity index (χ1) is 12.6. The van der Waals surface area contributed by atoms with Crippen molar-refractivity contribution in [3.05, 3.63) is 82.1 Å². The summed E-state index contributed by atoms with van der Waals surface area (Å²) in [6.07, 6.45) is 1.19. The first-order valence-corrected chi connectivity index (χ1v) is 8.96. The molecule has 1 aliphatic rings. The Kier molecular flexibility index (Phi) is 4.43. The summed E-state index contributed by atoms with van der Waals surface area (Å²) in [6, 6.07) is 17.5. The fourth-order valence-electron chi connectivity index (χ4n) is 3.45. The summed E-state index contributed by atoms with van der Waals surface area (Å²) < 4.78 is 0. The number of halogens is 1. The Labute approximate surface area is 157 Å². The Morgan fingerprint density at radius 1 is 1.00 bits per heavy atom. The van der Waals surface area contributed by atoms with Crippen molar-refractivity contribution in [2.75, 3.05) is 5.32 Å². The van der Waals surface area contributed by atoms with Gasteiger partial charge in [0.05, 0.1) is 17.0 Å². The molecule has 4 nitrogen and oxygen atoms in total. The summed E-state index contributed by atoms with van der Waals surface area (Å²) in [5.74, 6) is 0.748. The Hall–Kier alpha value is -2.72. The van der Waals surface area contributed by atoms with Crippen LogP contribution in [0.1, 0.15) is 39.6 Å². The van der Waals surface area contributed by atoms with Crippen LogP contribution in [-0.2, 0) is 6.42 Å². The van der Waals surface area contributed by atoms with Crippen molar-refractivity contribution >= 4 is 29.0 Å². The van der Waals surface area contributed by atoms with Crippen molar-refractivity contribution in [3.8, 4) is 0 Å². The number of para-hydroxylation sites is 1. The summed E-state index contributed by atoms with van der Waals surface area (Å²) in [6.45, 7) is 1.87.